The van der Waals surface area contributed by atoms with Crippen LogP contribution in [0.4, 0.5) is 0 Å². The fourth-order valence-corrected chi connectivity index (χ4v) is 4.28. The van der Waals surface area contributed by atoms with Crippen molar-refractivity contribution < 1.29 is 33.3 Å². The molecule has 0 N–H and O–H groups in total. The van der Waals surface area contributed by atoms with Gasteiger partial charge < -0.3 is 18.9 Å². The molecule has 0 bridgehead atoms. The van der Waals surface area contributed by atoms with Crippen molar-refractivity contribution in [1.82, 2.24) is 14.8 Å². The van der Waals surface area contributed by atoms with Crippen LogP contribution in [-0.2, 0) is 18.9 Å². The first kappa shape index (κ1) is 27.7. The molecule has 1 saturated heterocycles. The Morgan fingerprint density at radius 2 is 1.24 bits per heavy atom. The molecule has 0 spiro atoms. The van der Waals surface area contributed by atoms with Crippen molar-refractivity contribution in [1.29, 1.82) is 0 Å². The molecule has 5 rings (SSSR count). The van der Waals surface area contributed by atoms with Gasteiger partial charge in [0.15, 0.2) is 23.6 Å². The summed E-state index contributed by atoms with van der Waals surface area (Å²) in [7, 11) is 0. The number of ether oxygens (including phenoxy) is 4. The van der Waals surface area contributed by atoms with E-state index in [1.165, 1.54) is 12.1 Å². The summed E-state index contributed by atoms with van der Waals surface area (Å²) in [5.74, 6) is -2.19. The highest BCUT2D eigenvalue weighted by molar-refractivity contribution is 6.29. The Bertz CT molecular complexity index is 1580. The van der Waals surface area contributed by atoms with E-state index in [0.717, 1.165) is 10.9 Å². The highest BCUT2D eigenvalue weighted by Crippen LogP contribution is 2.34. The molecule has 0 radical (unpaired) electrons. The van der Waals surface area contributed by atoms with Crippen LogP contribution >= 0.6 is 11.6 Å². The van der Waals surface area contributed by atoms with Crippen molar-refractivity contribution in [2.75, 3.05) is 6.61 Å². The average Bonchev–Trinajstić information content (AvgIpc) is 3.33. The molecule has 0 amide bonds. The van der Waals surface area contributed by atoms with E-state index in [0.29, 0.717) is 0 Å². The maximum Gasteiger partial charge on any atom is 0.367 e. The van der Waals surface area contributed by atoms with Crippen molar-refractivity contribution in [3.8, 4) is 0 Å². The van der Waals surface area contributed by atoms with Gasteiger partial charge in [-0.15, -0.1) is 0 Å². The Morgan fingerprint density at radius 1 is 0.756 bits per heavy atom. The number of carbonyl (C=O) groups excluding carboxylic acids is 3. The number of nitrogens with zero attached hydrogens (tertiary/aromatic N) is 3. The highest BCUT2D eigenvalue weighted by atomic mass is 35.5. The summed E-state index contributed by atoms with van der Waals surface area (Å²) >= 11 is 5.82. The zero-order chi connectivity index (χ0) is 28.8. The van der Waals surface area contributed by atoms with E-state index in [9.17, 15) is 19.2 Å². The van der Waals surface area contributed by atoms with Crippen molar-refractivity contribution >= 4 is 29.5 Å². The minimum atomic E-state index is -1.41. The van der Waals surface area contributed by atoms with Gasteiger partial charge in [-0.3, -0.25) is 0 Å². The largest absolute Gasteiger partial charge is 0.459 e. The first-order chi connectivity index (χ1) is 19.9. The smallest absolute Gasteiger partial charge is 0.367 e. The second-order valence-electron chi connectivity index (χ2n) is 8.81. The van der Waals surface area contributed by atoms with Crippen LogP contribution in [0.15, 0.2) is 102 Å². The second kappa shape index (κ2) is 12.5. The topological polar surface area (TPSA) is 136 Å². The minimum absolute atomic E-state index is 0.164. The van der Waals surface area contributed by atoms with Crippen molar-refractivity contribution in [3.63, 3.8) is 0 Å². The van der Waals surface area contributed by atoms with Crippen LogP contribution in [0.3, 0.4) is 0 Å². The van der Waals surface area contributed by atoms with Crippen molar-refractivity contribution in [3.05, 3.63) is 130 Å². The summed E-state index contributed by atoms with van der Waals surface area (Å²) < 4.78 is 23.9. The van der Waals surface area contributed by atoms with E-state index in [-0.39, 0.29) is 21.8 Å². The summed E-state index contributed by atoms with van der Waals surface area (Å²) in [5, 5.41) is 3.82. The number of hydrogen-bond acceptors (Lipinski definition) is 10. The molecule has 0 saturated carbocycles. The molecule has 4 aromatic rings. The maximum absolute atomic E-state index is 13.1. The maximum atomic E-state index is 13.1. The molecule has 1 aromatic heterocycles. The number of esters is 3. The van der Waals surface area contributed by atoms with Crippen LogP contribution in [-0.4, -0.2) is 57.6 Å². The summed E-state index contributed by atoms with van der Waals surface area (Å²) in [6.45, 7) is -0.411. The molecule has 1 aliphatic rings. The number of benzene rings is 3. The van der Waals surface area contributed by atoms with E-state index in [4.69, 9.17) is 30.5 Å². The molecule has 41 heavy (non-hydrogen) atoms. The van der Waals surface area contributed by atoms with Crippen LogP contribution in [0.2, 0.25) is 5.15 Å². The summed E-state index contributed by atoms with van der Waals surface area (Å²) in [6.07, 6.45) is -4.19. The second-order valence-corrected chi connectivity index (χ2v) is 9.19. The van der Waals surface area contributed by atoms with Gasteiger partial charge in [-0.1, -0.05) is 66.2 Å². The third-order valence-electron chi connectivity index (χ3n) is 6.11. The van der Waals surface area contributed by atoms with Gasteiger partial charge in [0.1, 0.15) is 12.7 Å². The van der Waals surface area contributed by atoms with Gasteiger partial charge >= 0.3 is 23.6 Å². The average molecular weight is 576 g/mol. The quantitative estimate of drug-likeness (QED) is 0.227. The van der Waals surface area contributed by atoms with Crippen LogP contribution in [0.1, 0.15) is 37.3 Å². The molecule has 3 aromatic carbocycles. The van der Waals surface area contributed by atoms with Gasteiger partial charge in [0, 0.05) is 0 Å². The van der Waals surface area contributed by atoms with Gasteiger partial charge in [-0.25, -0.2) is 19.2 Å². The molecular weight excluding hydrogens is 554 g/mol. The Morgan fingerprint density at radius 3 is 1.76 bits per heavy atom. The van der Waals surface area contributed by atoms with E-state index in [1.807, 2.05) is 0 Å². The standard InChI is InChI=1S/C29H22ClN3O8/c30-22-16-31-33(29(37)32-22)25-24(41-28(36)20-14-8-3-9-15-20)23(40-27(35)19-12-6-2-7-13-19)21(39-25)17-38-26(34)18-10-4-1-5-11-18/h1-16,21,23-25H,17H2/t21-,23?,24?,25+/m1/s1. The van der Waals surface area contributed by atoms with Crippen molar-refractivity contribution in [2.45, 2.75) is 24.5 Å². The van der Waals surface area contributed by atoms with E-state index in [2.05, 4.69) is 10.1 Å². The van der Waals surface area contributed by atoms with Crippen molar-refractivity contribution in [2.24, 2.45) is 0 Å². The predicted octanol–water partition coefficient (Wildman–Crippen LogP) is 3.50. The third-order valence-corrected chi connectivity index (χ3v) is 6.29. The Hall–Kier alpha value is -4.87. The number of rotatable bonds is 8. The third kappa shape index (κ3) is 6.48. The van der Waals surface area contributed by atoms with Gasteiger partial charge in [-0.05, 0) is 36.4 Å². The fourth-order valence-electron chi connectivity index (χ4n) is 4.16. The fraction of sp³-hybridized carbons (Fsp3) is 0.172. The molecule has 2 unspecified atom stereocenters. The number of aromatic nitrogens is 3. The van der Waals surface area contributed by atoms with E-state index < -0.39 is 54.7 Å². The zero-order valence-electron chi connectivity index (χ0n) is 21.2. The van der Waals surface area contributed by atoms with Gasteiger partial charge in [0.05, 0.1) is 22.9 Å². The highest BCUT2D eigenvalue weighted by Gasteiger charge is 2.52. The lowest BCUT2D eigenvalue weighted by Gasteiger charge is -2.24. The monoisotopic (exact) mass is 575 g/mol. The Balaban J connectivity index is 1.49. The molecule has 0 aliphatic carbocycles. The molecule has 208 valence electrons. The lowest BCUT2D eigenvalue weighted by atomic mass is 10.1. The lowest BCUT2D eigenvalue weighted by Crippen LogP contribution is -2.43. The van der Waals surface area contributed by atoms with Gasteiger partial charge in [0.25, 0.3) is 0 Å². The van der Waals surface area contributed by atoms with Crippen LogP contribution in [0.5, 0.6) is 0 Å². The summed E-state index contributed by atoms with van der Waals surface area (Å²) in [4.78, 5) is 55.3. The molecule has 12 heteroatoms. The van der Waals surface area contributed by atoms with E-state index in [1.54, 1.807) is 78.9 Å². The lowest BCUT2D eigenvalue weighted by molar-refractivity contribution is -0.0698. The molecule has 2 heterocycles. The number of hydrogen-bond donors (Lipinski definition) is 0. The number of carbonyl (C=O) groups is 3. The number of halogens is 1. The van der Waals surface area contributed by atoms with Gasteiger partial charge in [0.2, 0.25) is 0 Å². The van der Waals surface area contributed by atoms with Crippen LogP contribution in [0, 0.1) is 0 Å². The first-order valence-corrected chi connectivity index (χ1v) is 12.8. The summed E-state index contributed by atoms with van der Waals surface area (Å²) in [6, 6.07) is 24.4. The van der Waals surface area contributed by atoms with E-state index >= 15 is 0 Å². The minimum Gasteiger partial charge on any atom is -0.459 e. The zero-order valence-corrected chi connectivity index (χ0v) is 22.0. The molecule has 11 nitrogen and oxygen atoms in total. The summed E-state index contributed by atoms with van der Waals surface area (Å²) in [5.41, 5.74) is -0.203. The SMILES string of the molecule is O=C(OC[C@H]1O[C@H](n2ncc(Cl)nc2=O)C(OC(=O)c2ccccc2)C1OC(=O)c1ccccc1)c1ccccc1. The first-order valence-electron chi connectivity index (χ1n) is 12.4. The normalized spacial score (nSPS) is 19.7. The van der Waals surface area contributed by atoms with Gasteiger partial charge in [-0.2, -0.15) is 14.8 Å². The molecular formula is C29H22ClN3O8. The van der Waals surface area contributed by atoms with Crippen LogP contribution < -0.4 is 5.69 Å². The Labute approximate surface area is 238 Å². The molecule has 1 fully saturated rings. The molecule has 4 atom stereocenters. The molecule has 1 aliphatic heterocycles. The predicted molar refractivity (Wildman–Crippen MR) is 143 cm³/mol. The van der Waals surface area contributed by atoms with Crippen LogP contribution in [0.25, 0.3) is 0 Å². The Kier molecular flexibility index (Phi) is 8.47.